The van der Waals surface area contributed by atoms with E-state index in [9.17, 15) is 14.9 Å². The van der Waals surface area contributed by atoms with Crippen molar-refractivity contribution in [1.29, 1.82) is 0 Å². The minimum atomic E-state index is -0.361. The van der Waals surface area contributed by atoms with E-state index < -0.39 is 0 Å². The molecule has 1 saturated heterocycles. The molecule has 2 aliphatic heterocycles. The number of piperazine rings is 1. The van der Waals surface area contributed by atoms with Crippen molar-refractivity contribution >= 4 is 34.6 Å². The number of non-ortho nitro benzene ring substituents is 1. The Bertz CT molecular complexity index is 1060. The van der Waals surface area contributed by atoms with E-state index >= 15 is 0 Å². The van der Waals surface area contributed by atoms with Crippen molar-refractivity contribution < 1.29 is 9.72 Å². The van der Waals surface area contributed by atoms with Crippen LogP contribution >= 0.6 is 11.6 Å². The van der Waals surface area contributed by atoms with Gasteiger partial charge in [0.25, 0.3) is 5.69 Å². The Morgan fingerprint density at radius 2 is 1.91 bits per heavy atom. The van der Waals surface area contributed by atoms with E-state index in [0.717, 1.165) is 55.7 Å². The van der Waals surface area contributed by atoms with Gasteiger partial charge in [-0.15, -0.1) is 0 Å². The molecule has 2 atom stereocenters. The van der Waals surface area contributed by atoms with Crippen molar-refractivity contribution in [3.8, 4) is 0 Å². The van der Waals surface area contributed by atoms with E-state index in [0.29, 0.717) is 18.0 Å². The average molecular weight is 469 g/mol. The van der Waals surface area contributed by atoms with Gasteiger partial charge in [-0.1, -0.05) is 36.9 Å². The molecule has 1 amide bonds. The molecule has 0 spiro atoms. The lowest BCUT2D eigenvalue weighted by atomic mass is 9.82. The van der Waals surface area contributed by atoms with Gasteiger partial charge in [0, 0.05) is 54.2 Å². The third kappa shape index (κ3) is 4.51. The van der Waals surface area contributed by atoms with E-state index in [1.807, 2.05) is 24.3 Å². The smallest absolute Gasteiger partial charge is 0.269 e. The lowest BCUT2D eigenvalue weighted by molar-refractivity contribution is -0.384. The van der Waals surface area contributed by atoms with Crippen molar-refractivity contribution in [1.82, 2.24) is 5.32 Å². The third-order valence-corrected chi connectivity index (χ3v) is 7.60. The van der Waals surface area contributed by atoms with E-state index in [-0.39, 0.29) is 34.5 Å². The molecule has 1 aliphatic carbocycles. The molecule has 2 aromatic carbocycles. The Kier molecular flexibility index (Phi) is 6.15. The molecular weight excluding hydrogens is 440 g/mol. The first kappa shape index (κ1) is 22.0. The highest BCUT2D eigenvalue weighted by Gasteiger charge is 2.42. The second-order valence-corrected chi connectivity index (χ2v) is 9.85. The summed E-state index contributed by atoms with van der Waals surface area (Å²) in [6, 6.07) is 13.1. The van der Waals surface area contributed by atoms with Crippen LogP contribution in [0.2, 0.25) is 5.02 Å². The van der Waals surface area contributed by atoms with Gasteiger partial charge in [-0.2, -0.15) is 0 Å². The maximum absolute atomic E-state index is 13.5. The predicted octanol–water partition coefficient (Wildman–Crippen LogP) is 4.56. The lowest BCUT2D eigenvalue weighted by Crippen LogP contribution is -2.61. The van der Waals surface area contributed by atoms with Gasteiger partial charge < -0.3 is 15.1 Å². The Balaban J connectivity index is 1.45. The minimum absolute atomic E-state index is 0.00437. The van der Waals surface area contributed by atoms with Crippen molar-refractivity contribution in [2.45, 2.75) is 50.6 Å². The van der Waals surface area contributed by atoms with Crippen LogP contribution < -0.4 is 15.1 Å². The van der Waals surface area contributed by atoms with E-state index in [4.69, 9.17) is 11.6 Å². The zero-order valence-electron chi connectivity index (χ0n) is 18.6. The fourth-order valence-electron chi connectivity index (χ4n) is 5.69. The number of rotatable bonds is 4. The number of benzene rings is 2. The summed E-state index contributed by atoms with van der Waals surface area (Å²) >= 11 is 6.24. The first-order valence-corrected chi connectivity index (χ1v) is 12.2. The number of nitrogens with zero attached hydrogens (tertiary/aromatic N) is 3. The molecule has 5 rings (SSSR count). The fourth-order valence-corrected chi connectivity index (χ4v) is 5.87. The highest BCUT2D eigenvalue weighted by atomic mass is 35.5. The van der Waals surface area contributed by atoms with Crippen LogP contribution in [0.3, 0.4) is 0 Å². The van der Waals surface area contributed by atoms with Gasteiger partial charge in [-0.3, -0.25) is 14.9 Å². The maximum Gasteiger partial charge on any atom is 0.269 e. The summed E-state index contributed by atoms with van der Waals surface area (Å²) in [6.07, 6.45) is 6.12. The van der Waals surface area contributed by atoms with E-state index in [2.05, 4.69) is 21.2 Å². The minimum Gasteiger partial charge on any atom is -0.368 e. The van der Waals surface area contributed by atoms with Gasteiger partial charge in [0.1, 0.15) is 0 Å². The van der Waals surface area contributed by atoms with Gasteiger partial charge in [0.15, 0.2) is 0 Å². The van der Waals surface area contributed by atoms with Crippen LogP contribution in [0.4, 0.5) is 17.1 Å². The van der Waals surface area contributed by atoms with Crippen LogP contribution in [0.1, 0.15) is 37.7 Å². The standard InChI is InChI=1S/C25H29ClN4O3/c26-18-5-4-8-20(15-18)28-11-12-29-23-10-9-21(30(32)33)13-17(23)14-22(24(29)16-28)25(31)27-19-6-2-1-3-7-19/h4-5,8-10,13,15,19,22,24H,1-3,6-7,11-12,14,16H2,(H,27,31)/t22-,24+/m1/s1. The molecule has 174 valence electrons. The number of hydrogen-bond acceptors (Lipinski definition) is 5. The van der Waals surface area contributed by atoms with Gasteiger partial charge in [0.2, 0.25) is 5.91 Å². The molecule has 8 heteroatoms. The summed E-state index contributed by atoms with van der Waals surface area (Å²) in [7, 11) is 0. The van der Waals surface area contributed by atoms with Crippen LogP contribution in [0.15, 0.2) is 42.5 Å². The highest BCUT2D eigenvalue weighted by Crippen LogP contribution is 2.39. The molecule has 33 heavy (non-hydrogen) atoms. The summed E-state index contributed by atoms with van der Waals surface area (Å²) < 4.78 is 0. The molecule has 0 bridgehead atoms. The summed E-state index contributed by atoms with van der Waals surface area (Å²) in [4.78, 5) is 29.1. The van der Waals surface area contributed by atoms with Crippen molar-refractivity contribution in [2.75, 3.05) is 29.4 Å². The number of hydrogen-bond donors (Lipinski definition) is 1. The summed E-state index contributed by atoms with van der Waals surface area (Å²) in [5.74, 6) is -0.189. The van der Waals surface area contributed by atoms with Gasteiger partial charge in [0.05, 0.1) is 16.9 Å². The first-order valence-electron chi connectivity index (χ1n) is 11.8. The second kappa shape index (κ2) is 9.21. The normalized spacial score (nSPS) is 22.9. The van der Waals surface area contributed by atoms with Crippen LogP contribution in [0, 0.1) is 16.0 Å². The van der Waals surface area contributed by atoms with E-state index in [1.165, 1.54) is 6.42 Å². The average Bonchev–Trinajstić information content (AvgIpc) is 2.83. The lowest BCUT2D eigenvalue weighted by Gasteiger charge is -2.49. The second-order valence-electron chi connectivity index (χ2n) is 9.41. The number of halogens is 1. The summed E-state index contributed by atoms with van der Waals surface area (Å²) in [5, 5.41) is 15.4. The van der Waals surface area contributed by atoms with Crippen LogP contribution in [0.5, 0.6) is 0 Å². The number of nitro groups is 1. The van der Waals surface area contributed by atoms with Crippen molar-refractivity contribution in [3.05, 3.63) is 63.2 Å². The molecule has 3 aliphatic rings. The molecular formula is C25H29ClN4O3. The summed E-state index contributed by atoms with van der Waals surface area (Å²) in [5.41, 5.74) is 3.04. The molecule has 2 aromatic rings. The molecule has 0 unspecified atom stereocenters. The Labute approximate surface area is 198 Å². The topological polar surface area (TPSA) is 78.7 Å². The number of amides is 1. The molecule has 0 radical (unpaired) electrons. The number of nitro benzene ring substituents is 1. The van der Waals surface area contributed by atoms with Crippen LogP contribution in [-0.2, 0) is 11.2 Å². The van der Waals surface area contributed by atoms with E-state index in [1.54, 1.807) is 12.1 Å². The molecule has 0 aromatic heterocycles. The summed E-state index contributed by atoms with van der Waals surface area (Å²) in [6.45, 7) is 2.25. The highest BCUT2D eigenvalue weighted by molar-refractivity contribution is 6.30. The largest absolute Gasteiger partial charge is 0.368 e. The number of fused-ring (bicyclic) bond motifs is 3. The SMILES string of the molecule is O=C(NC1CCCCC1)[C@@H]1Cc2cc([N+](=O)[O-])ccc2N2CCN(c3cccc(Cl)c3)C[C@@H]12. The fraction of sp³-hybridized carbons (Fsp3) is 0.480. The van der Waals surface area contributed by atoms with Gasteiger partial charge >= 0.3 is 0 Å². The number of carbonyl (C=O) groups excluding carboxylic acids is 1. The zero-order chi connectivity index (χ0) is 22.9. The zero-order valence-corrected chi connectivity index (χ0v) is 19.3. The number of nitrogens with one attached hydrogen (secondary N) is 1. The third-order valence-electron chi connectivity index (χ3n) is 7.37. The molecule has 2 heterocycles. The van der Waals surface area contributed by atoms with Crippen LogP contribution in [-0.4, -0.2) is 42.5 Å². The predicted molar refractivity (Wildman–Crippen MR) is 130 cm³/mol. The molecule has 1 N–H and O–H groups in total. The monoisotopic (exact) mass is 468 g/mol. The number of carbonyl (C=O) groups is 1. The van der Waals surface area contributed by atoms with Crippen molar-refractivity contribution in [3.63, 3.8) is 0 Å². The van der Waals surface area contributed by atoms with Crippen molar-refractivity contribution in [2.24, 2.45) is 5.92 Å². The Morgan fingerprint density at radius 3 is 2.67 bits per heavy atom. The Morgan fingerprint density at radius 1 is 1.09 bits per heavy atom. The van der Waals surface area contributed by atoms with Gasteiger partial charge in [-0.25, -0.2) is 0 Å². The van der Waals surface area contributed by atoms with Crippen LogP contribution in [0.25, 0.3) is 0 Å². The molecule has 7 nitrogen and oxygen atoms in total. The van der Waals surface area contributed by atoms with Gasteiger partial charge in [-0.05, 0) is 49.1 Å². The molecule has 1 saturated carbocycles. The molecule has 2 fully saturated rings. The number of anilines is 2. The Hall–Kier alpha value is -2.80. The maximum atomic E-state index is 13.5. The first-order chi connectivity index (χ1) is 16.0. The quantitative estimate of drug-likeness (QED) is 0.525.